The molecular weight excluding hydrogens is 229 g/mol. The summed E-state index contributed by atoms with van der Waals surface area (Å²) in [6.07, 6.45) is -4.95. The smallest absolute Gasteiger partial charge is 0.374 e. The standard InChI is InChI=1S/C12H17F3N2/c1-9(16)10-5-3-4-6-11(10)17(2)8-7-12(13,14)15/h3-6,9H,7-8,16H2,1-2H3/t9-/m1/s1. The SMILES string of the molecule is C[C@@H](N)c1ccccc1N(C)CCC(F)(F)F. The van der Waals surface area contributed by atoms with Crippen LogP contribution in [0.15, 0.2) is 24.3 Å². The van der Waals surface area contributed by atoms with E-state index in [4.69, 9.17) is 5.73 Å². The molecule has 17 heavy (non-hydrogen) atoms. The molecule has 2 N–H and O–H groups in total. The topological polar surface area (TPSA) is 29.3 Å². The van der Waals surface area contributed by atoms with Crippen LogP contribution in [0.25, 0.3) is 0 Å². The number of nitrogens with zero attached hydrogens (tertiary/aromatic N) is 1. The second-order valence-corrected chi connectivity index (χ2v) is 4.13. The van der Waals surface area contributed by atoms with Crippen molar-refractivity contribution in [1.82, 2.24) is 0 Å². The van der Waals surface area contributed by atoms with Gasteiger partial charge in [0.25, 0.3) is 0 Å². The van der Waals surface area contributed by atoms with Crippen molar-refractivity contribution in [2.45, 2.75) is 25.6 Å². The summed E-state index contributed by atoms with van der Waals surface area (Å²) in [5, 5.41) is 0. The molecule has 1 rings (SSSR count). The minimum absolute atomic E-state index is 0.0623. The number of para-hydroxylation sites is 1. The maximum absolute atomic E-state index is 12.1. The van der Waals surface area contributed by atoms with E-state index >= 15 is 0 Å². The number of hydrogen-bond acceptors (Lipinski definition) is 2. The molecule has 0 saturated heterocycles. The first-order valence-corrected chi connectivity index (χ1v) is 5.43. The predicted molar refractivity (Wildman–Crippen MR) is 63.0 cm³/mol. The number of rotatable bonds is 4. The first-order chi connectivity index (χ1) is 7.81. The third-order valence-corrected chi connectivity index (χ3v) is 2.57. The van der Waals surface area contributed by atoms with Crippen molar-refractivity contribution >= 4 is 5.69 Å². The summed E-state index contributed by atoms with van der Waals surface area (Å²) in [7, 11) is 1.65. The molecule has 0 radical (unpaired) electrons. The average molecular weight is 246 g/mol. The highest BCUT2D eigenvalue weighted by molar-refractivity contribution is 5.54. The van der Waals surface area contributed by atoms with Gasteiger partial charge in [0.2, 0.25) is 0 Å². The number of halogens is 3. The summed E-state index contributed by atoms with van der Waals surface area (Å²) in [4.78, 5) is 1.59. The lowest BCUT2D eigenvalue weighted by Crippen LogP contribution is -2.25. The lowest BCUT2D eigenvalue weighted by molar-refractivity contribution is -0.132. The van der Waals surface area contributed by atoms with Crippen molar-refractivity contribution in [3.05, 3.63) is 29.8 Å². The quantitative estimate of drug-likeness (QED) is 0.884. The van der Waals surface area contributed by atoms with Gasteiger partial charge in [-0.3, -0.25) is 0 Å². The highest BCUT2D eigenvalue weighted by Crippen LogP contribution is 2.26. The minimum atomic E-state index is -4.13. The third-order valence-electron chi connectivity index (χ3n) is 2.57. The number of nitrogens with two attached hydrogens (primary N) is 1. The second kappa shape index (κ2) is 5.40. The normalized spacial score (nSPS) is 13.5. The van der Waals surface area contributed by atoms with Gasteiger partial charge in [-0.25, -0.2) is 0 Å². The zero-order valence-electron chi connectivity index (χ0n) is 9.96. The molecule has 0 saturated carbocycles. The Hall–Kier alpha value is -1.23. The largest absolute Gasteiger partial charge is 0.390 e. The molecule has 1 aromatic rings. The van der Waals surface area contributed by atoms with Crippen molar-refractivity contribution < 1.29 is 13.2 Å². The molecule has 0 unspecified atom stereocenters. The molecule has 0 aliphatic heterocycles. The molecule has 0 fully saturated rings. The van der Waals surface area contributed by atoms with E-state index in [1.165, 1.54) is 0 Å². The molecule has 1 atom stereocenters. The zero-order valence-corrected chi connectivity index (χ0v) is 9.96. The van der Waals surface area contributed by atoms with Crippen LogP contribution in [-0.2, 0) is 0 Å². The van der Waals surface area contributed by atoms with E-state index < -0.39 is 12.6 Å². The minimum Gasteiger partial charge on any atom is -0.374 e. The fraction of sp³-hybridized carbons (Fsp3) is 0.500. The Morgan fingerprint density at radius 1 is 1.29 bits per heavy atom. The maximum atomic E-state index is 12.1. The number of benzene rings is 1. The van der Waals surface area contributed by atoms with Crippen molar-refractivity contribution in [2.24, 2.45) is 5.73 Å². The van der Waals surface area contributed by atoms with Gasteiger partial charge >= 0.3 is 6.18 Å². The summed E-state index contributed by atoms with van der Waals surface area (Å²) in [5.74, 6) is 0. The fourth-order valence-electron chi connectivity index (χ4n) is 1.64. The van der Waals surface area contributed by atoms with Gasteiger partial charge in [-0.05, 0) is 18.6 Å². The predicted octanol–water partition coefficient (Wildman–Crippen LogP) is 3.09. The molecule has 1 aromatic carbocycles. The monoisotopic (exact) mass is 246 g/mol. The van der Waals surface area contributed by atoms with E-state index in [0.717, 1.165) is 11.3 Å². The molecule has 0 spiro atoms. The second-order valence-electron chi connectivity index (χ2n) is 4.13. The van der Waals surface area contributed by atoms with Crippen molar-refractivity contribution in [3.8, 4) is 0 Å². The fourth-order valence-corrected chi connectivity index (χ4v) is 1.64. The van der Waals surface area contributed by atoms with Gasteiger partial charge in [0, 0.05) is 25.3 Å². The summed E-state index contributed by atoms with van der Waals surface area (Å²) in [6.45, 7) is 1.75. The molecule has 0 bridgehead atoms. The van der Waals surface area contributed by atoms with Crippen LogP contribution >= 0.6 is 0 Å². The van der Waals surface area contributed by atoms with Gasteiger partial charge in [-0.2, -0.15) is 13.2 Å². The first-order valence-electron chi connectivity index (χ1n) is 5.43. The third kappa shape index (κ3) is 4.26. The van der Waals surface area contributed by atoms with E-state index in [9.17, 15) is 13.2 Å². The van der Waals surface area contributed by atoms with Gasteiger partial charge in [-0.1, -0.05) is 18.2 Å². The Bertz CT molecular complexity index is 361. The van der Waals surface area contributed by atoms with Crippen LogP contribution in [0.4, 0.5) is 18.9 Å². The van der Waals surface area contributed by atoms with Gasteiger partial charge in [0.05, 0.1) is 6.42 Å². The highest BCUT2D eigenvalue weighted by Gasteiger charge is 2.27. The van der Waals surface area contributed by atoms with Crippen molar-refractivity contribution in [3.63, 3.8) is 0 Å². The van der Waals surface area contributed by atoms with Gasteiger partial charge < -0.3 is 10.6 Å². The molecule has 0 amide bonds. The van der Waals surface area contributed by atoms with Gasteiger partial charge in [0.15, 0.2) is 0 Å². The van der Waals surface area contributed by atoms with Crippen LogP contribution in [0.2, 0.25) is 0 Å². The molecule has 0 aromatic heterocycles. The number of alkyl halides is 3. The maximum Gasteiger partial charge on any atom is 0.390 e. The molecular formula is C12H17F3N2. The Kier molecular flexibility index (Phi) is 4.40. The van der Waals surface area contributed by atoms with Gasteiger partial charge in [-0.15, -0.1) is 0 Å². The molecule has 0 aliphatic carbocycles. The molecule has 0 aliphatic rings. The molecule has 96 valence electrons. The lowest BCUT2D eigenvalue weighted by atomic mass is 10.1. The average Bonchev–Trinajstić information content (AvgIpc) is 2.25. The Morgan fingerprint density at radius 3 is 2.41 bits per heavy atom. The van der Waals surface area contributed by atoms with Crippen LogP contribution in [-0.4, -0.2) is 19.8 Å². The van der Waals surface area contributed by atoms with Crippen molar-refractivity contribution in [2.75, 3.05) is 18.5 Å². The Balaban J connectivity index is 2.78. The first kappa shape index (κ1) is 13.8. The summed E-state index contributed by atoms with van der Waals surface area (Å²) in [5.41, 5.74) is 7.40. The van der Waals surface area contributed by atoms with Crippen LogP contribution in [0.3, 0.4) is 0 Å². The van der Waals surface area contributed by atoms with Crippen molar-refractivity contribution in [1.29, 1.82) is 0 Å². The van der Waals surface area contributed by atoms with E-state index in [2.05, 4.69) is 0 Å². The van der Waals surface area contributed by atoms with Crippen LogP contribution in [0, 0.1) is 0 Å². The van der Waals surface area contributed by atoms with Gasteiger partial charge in [0.1, 0.15) is 0 Å². The number of anilines is 1. The molecule has 5 heteroatoms. The van der Waals surface area contributed by atoms with E-state index in [1.807, 2.05) is 19.1 Å². The summed E-state index contributed by atoms with van der Waals surface area (Å²) in [6, 6.07) is 7.06. The Morgan fingerprint density at radius 2 is 1.88 bits per heavy atom. The van der Waals surface area contributed by atoms with E-state index in [-0.39, 0.29) is 12.6 Å². The molecule has 2 nitrogen and oxygen atoms in total. The summed E-state index contributed by atoms with van der Waals surface area (Å²) >= 11 is 0. The molecule has 0 heterocycles. The zero-order chi connectivity index (χ0) is 13.1. The van der Waals surface area contributed by atoms with E-state index in [0.29, 0.717) is 0 Å². The highest BCUT2D eigenvalue weighted by atomic mass is 19.4. The Labute approximate surface area is 99.2 Å². The van der Waals surface area contributed by atoms with Crippen LogP contribution < -0.4 is 10.6 Å². The van der Waals surface area contributed by atoms with E-state index in [1.54, 1.807) is 24.1 Å². The lowest BCUT2D eigenvalue weighted by Gasteiger charge is -2.24. The van der Waals surface area contributed by atoms with Crippen LogP contribution in [0.1, 0.15) is 24.9 Å². The van der Waals surface area contributed by atoms with Crippen LogP contribution in [0.5, 0.6) is 0 Å². The number of hydrogen-bond donors (Lipinski definition) is 1. The summed E-state index contributed by atoms with van der Waals surface area (Å²) < 4.78 is 36.4.